The average Bonchev–Trinajstić information content (AvgIpc) is 0.909. The molecule has 130 heavy (non-hydrogen) atoms. The smallest absolute Gasteiger partial charge is 0.137 e. The third-order valence-corrected chi connectivity index (χ3v) is 34.0. The van der Waals surface area contributed by atoms with Crippen molar-refractivity contribution < 1.29 is 8.83 Å². The van der Waals surface area contributed by atoms with Crippen LogP contribution < -0.4 is 14.7 Å². The number of benzene rings is 16. The second kappa shape index (κ2) is 32.6. The van der Waals surface area contributed by atoms with E-state index < -0.39 is 0 Å². The number of para-hydroxylation sites is 5. The lowest BCUT2D eigenvalue weighted by Crippen LogP contribution is -2.44. The zero-order valence-electron chi connectivity index (χ0n) is 73.6. The Morgan fingerprint density at radius 2 is 0.500 bits per heavy atom. The first-order valence-corrected chi connectivity index (χ1v) is 49.5. The molecule has 0 aliphatic heterocycles. The SMILES string of the molecule is c1ccc(-c2ccc(N(c3ccc4c(c3)oc3ccccc34)c3ccccc3C3C4CC5CC(C4)CC3C5)cc2)cc1.c1ccc(-c2ccc(N(c3ccc4c(c3)sc3ccccc34)c3ccccc3C3C4CC5CC(C4)CC3C5)cc2)cc1.c1ccc(N(c2ccc(-c3cccc4ccccc34)cc2)c2ccc3c(c2)oc2ccccc23)c(C2C3CC4CC(C3)CC2C4)c1. The van der Waals surface area contributed by atoms with E-state index in [1.54, 1.807) is 5.56 Å². The first-order chi connectivity index (χ1) is 64.3. The fraction of sp³-hybridized carbons (Fsp3) is 0.242. The Balaban J connectivity index is 0.000000103. The van der Waals surface area contributed by atoms with Gasteiger partial charge in [-0.1, -0.05) is 255 Å². The lowest BCUT2D eigenvalue weighted by molar-refractivity contribution is -0.00265. The van der Waals surface area contributed by atoms with Crippen LogP contribution in [0.1, 0.15) is 131 Å². The van der Waals surface area contributed by atoms with E-state index in [-0.39, 0.29) is 0 Å². The van der Waals surface area contributed by atoms with Gasteiger partial charge in [-0.25, -0.2) is 0 Å². The summed E-state index contributed by atoms with van der Waals surface area (Å²) in [5, 5.41) is 9.95. The molecule has 0 unspecified atom stereocenters. The molecule has 3 heterocycles. The first-order valence-electron chi connectivity index (χ1n) is 48.6. The summed E-state index contributed by atoms with van der Waals surface area (Å²) in [6.07, 6.45) is 21.5. The second-order valence-electron chi connectivity index (χ2n) is 40.3. The van der Waals surface area contributed by atoms with Gasteiger partial charge in [0.2, 0.25) is 0 Å². The maximum absolute atomic E-state index is 6.43. The minimum atomic E-state index is 0.636. The van der Waals surface area contributed by atoms with Crippen molar-refractivity contribution in [3.63, 3.8) is 0 Å². The molecule has 0 saturated heterocycles. The zero-order valence-corrected chi connectivity index (χ0v) is 74.4. The first kappa shape index (κ1) is 78.1. The van der Waals surface area contributed by atoms with Crippen LogP contribution in [0.3, 0.4) is 0 Å². The van der Waals surface area contributed by atoms with Gasteiger partial charge in [-0.05, 0) is 355 Å². The van der Waals surface area contributed by atoms with Gasteiger partial charge in [0.05, 0.1) is 0 Å². The highest BCUT2D eigenvalue weighted by atomic mass is 32.1. The molecule has 12 aliphatic carbocycles. The highest BCUT2D eigenvalue weighted by molar-refractivity contribution is 7.25. The van der Waals surface area contributed by atoms with Gasteiger partial charge in [0, 0.05) is 105 Å². The molecule has 0 N–H and O–H groups in total. The Kier molecular flexibility index (Phi) is 19.6. The number of fused-ring (bicyclic) bond motifs is 10. The van der Waals surface area contributed by atoms with Crippen molar-refractivity contribution in [3.05, 3.63) is 393 Å². The molecule has 5 nitrogen and oxygen atoms in total. The lowest BCUT2D eigenvalue weighted by atomic mass is 9.50. The molecule has 3 aromatic heterocycles. The summed E-state index contributed by atoms with van der Waals surface area (Å²) >= 11 is 1.91. The molecule has 0 atom stereocenters. The number of nitrogens with zero attached hydrogens (tertiary/aromatic N) is 3. The van der Waals surface area contributed by atoms with Crippen LogP contribution in [-0.4, -0.2) is 0 Å². The molecule has 12 aliphatic rings. The standard InChI is InChI=1S/C44H37NO.C40H35NO.C40H35NS/c1-2-10-36-30(8-1)9-7-13-37(36)31-16-18-34(19-17-31)45(35-20-21-39-38-11-4-6-15-42(38)46-43(39)27-35)41-14-5-3-12-40(41)44-32-23-28-22-29(25-32)26-33(44)24-28;2*1-2-8-28(9-3-1)29-14-16-32(17-15-29)41(33-18-19-35-34-10-5-7-13-38(34)42-39(35)25-33)37-12-6-4-11-36(37)40-30-21-26-20-27(23-30)24-31(40)22-26/h1-21,27-29,32-33,44H,22-26H2;2*1-19,25-27,30-31,40H,20-24H2. The average molecular weight is 1700 g/mol. The van der Waals surface area contributed by atoms with E-state index in [1.165, 1.54) is 233 Å². The predicted octanol–water partition coefficient (Wildman–Crippen LogP) is 35.4. The monoisotopic (exact) mass is 1700 g/mol. The van der Waals surface area contributed by atoms with Crippen LogP contribution in [0, 0.1) is 71.0 Å². The van der Waals surface area contributed by atoms with Crippen molar-refractivity contribution in [1.29, 1.82) is 0 Å². The molecule has 6 heteroatoms. The third kappa shape index (κ3) is 14.0. The number of hydrogen-bond donors (Lipinski definition) is 0. The summed E-state index contributed by atoms with van der Waals surface area (Å²) in [6, 6.07) is 138. The van der Waals surface area contributed by atoms with Crippen molar-refractivity contribution in [2.75, 3.05) is 14.7 Å². The van der Waals surface area contributed by atoms with Gasteiger partial charge < -0.3 is 23.5 Å². The molecule has 636 valence electrons. The Hall–Kier alpha value is -13.0. The highest BCUT2D eigenvalue weighted by Crippen LogP contribution is 2.65. The molecule has 19 aromatic rings. The third-order valence-electron chi connectivity index (χ3n) is 32.8. The zero-order chi connectivity index (χ0) is 85.4. The van der Waals surface area contributed by atoms with E-state index >= 15 is 0 Å². The lowest BCUT2D eigenvalue weighted by Gasteiger charge is -2.55. The number of furan rings is 2. The summed E-state index contributed by atoms with van der Waals surface area (Å²) in [4.78, 5) is 7.54. The number of thiophene rings is 1. The maximum Gasteiger partial charge on any atom is 0.137 e. The van der Waals surface area contributed by atoms with Crippen LogP contribution in [0.25, 0.3) is 108 Å². The Labute approximate surface area is 766 Å². The van der Waals surface area contributed by atoms with Gasteiger partial charge in [0.15, 0.2) is 0 Å². The normalized spacial score (nSPS) is 24.1. The fourth-order valence-corrected chi connectivity index (χ4v) is 29.3. The summed E-state index contributed by atoms with van der Waals surface area (Å²) in [6.45, 7) is 0. The Bertz CT molecular complexity index is 7070. The molecule has 0 spiro atoms. The van der Waals surface area contributed by atoms with Crippen LogP contribution in [0.2, 0.25) is 0 Å². The van der Waals surface area contributed by atoms with Crippen molar-refractivity contribution in [2.45, 2.75) is 114 Å². The van der Waals surface area contributed by atoms with E-state index in [0.29, 0.717) is 17.8 Å². The Morgan fingerprint density at radius 3 is 0.923 bits per heavy atom. The van der Waals surface area contributed by atoms with Crippen LogP contribution >= 0.6 is 11.3 Å². The number of rotatable bonds is 15. The van der Waals surface area contributed by atoms with E-state index in [2.05, 4.69) is 385 Å². The molecule has 16 aromatic carbocycles. The van der Waals surface area contributed by atoms with Gasteiger partial charge in [-0.15, -0.1) is 11.3 Å². The van der Waals surface area contributed by atoms with Crippen LogP contribution in [0.15, 0.2) is 385 Å². The van der Waals surface area contributed by atoms with Crippen LogP contribution in [0.5, 0.6) is 0 Å². The summed E-state index contributed by atoms with van der Waals surface area (Å²) < 4.78 is 15.5. The van der Waals surface area contributed by atoms with Gasteiger partial charge in [0.25, 0.3) is 0 Å². The summed E-state index contributed by atoms with van der Waals surface area (Å²) in [7, 11) is 0. The van der Waals surface area contributed by atoms with E-state index in [9.17, 15) is 0 Å². The maximum atomic E-state index is 6.43. The quantitative estimate of drug-likeness (QED) is 0.102. The molecule has 31 rings (SSSR count). The molecule has 12 fully saturated rings. The topological polar surface area (TPSA) is 36.0 Å². The number of anilines is 9. The van der Waals surface area contributed by atoms with Crippen molar-refractivity contribution in [2.24, 2.45) is 71.0 Å². The molecule has 0 amide bonds. The van der Waals surface area contributed by atoms with Gasteiger partial charge in [-0.3, -0.25) is 0 Å². The van der Waals surface area contributed by atoms with Gasteiger partial charge >= 0.3 is 0 Å². The summed E-state index contributed by atoms with van der Waals surface area (Å²) in [5.41, 5.74) is 27.0. The van der Waals surface area contributed by atoms with E-state index in [4.69, 9.17) is 8.83 Å². The van der Waals surface area contributed by atoms with Crippen molar-refractivity contribution in [3.8, 4) is 33.4 Å². The molecule has 0 radical (unpaired) electrons. The van der Waals surface area contributed by atoms with Crippen LogP contribution in [0.4, 0.5) is 51.2 Å². The number of hydrogen-bond acceptors (Lipinski definition) is 6. The highest BCUT2D eigenvalue weighted by Gasteiger charge is 2.53. The van der Waals surface area contributed by atoms with Gasteiger partial charge in [-0.2, -0.15) is 0 Å². The van der Waals surface area contributed by atoms with Crippen molar-refractivity contribution >= 4 is 137 Å². The Morgan fingerprint density at radius 1 is 0.200 bits per heavy atom. The molecular formula is C124H107N3O2S. The van der Waals surface area contributed by atoms with E-state index in [0.717, 1.165) is 105 Å². The van der Waals surface area contributed by atoms with E-state index in [1.807, 2.05) is 17.4 Å². The molecular weight excluding hydrogens is 1600 g/mol. The molecule has 12 saturated carbocycles. The largest absolute Gasteiger partial charge is 0.456 e. The minimum Gasteiger partial charge on any atom is -0.456 e. The minimum absolute atomic E-state index is 0.636. The van der Waals surface area contributed by atoms with Gasteiger partial charge in [0.1, 0.15) is 22.3 Å². The van der Waals surface area contributed by atoms with Crippen LogP contribution in [-0.2, 0) is 0 Å². The predicted molar refractivity (Wildman–Crippen MR) is 544 cm³/mol. The van der Waals surface area contributed by atoms with Crippen molar-refractivity contribution in [1.82, 2.24) is 0 Å². The fourth-order valence-electron chi connectivity index (χ4n) is 28.2. The molecule has 12 bridgehead atoms. The summed E-state index contributed by atoms with van der Waals surface area (Å²) in [5.74, 6) is 12.7. The second-order valence-corrected chi connectivity index (χ2v) is 41.4.